The Bertz CT molecular complexity index is 617. The first kappa shape index (κ1) is 21.3. The van der Waals surface area contributed by atoms with Crippen LogP contribution < -0.4 is 29.5 Å². The van der Waals surface area contributed by atoms with Gasteiger partial charge in [0.05, 0.1) is 34.2 Å². The molecular formula is C14H25IN4O2S. The fraction of sp³-hybridized carbons (Fsp3) is 0.643. The highest BCUT2D eigenvalue weighted by molar-refractivity contribution is 7.71. The van der Waals surface area contributed by atoms with Gasteiger partial charge < -0.3 is 33.6 Å². The molecule has 0 unspecified atom stereocenters. The number of aromatic amines is 1. The highest BCUT2D eigenvalue weighted by Gasteiger charge is 2.11. The van der Waals surface area contributed by atoms with E-state index < -0.39 is 5.56 Å². The Labute approximate surface area is 153 Å². The number of likely N-dealkylation sites (N-methyl/N-ethyl adjacent to an activating group) is 1. The summed E-state index contributed by atoms with van der Waals surface area (Å²) in [4.78, 5) is 18.7. The number of aromatic nitrogens is 2. The fourth-order valence-electron chi connectivity index (χ4n) is 1.73. The summed E-state index contributed by atoms with van der Waals surface area (Å²) < 4.78 is 2.58. The van der Waals surface area contributed by atoms with Crippen molar-refractivity contribution in [3.63, 3.8) is 0 Å². The van der Waals surface area contributed by atoms with Crippen LogP contribution in [0.2, 0.25) is 0 Å². The van der Waals surface area contributed by atoms with Crippen molar-refractivity contribution in [2.45, 2.75) is 26.3 Å². The Morgan fingerprint density at radius 3 is 2.59 bits per heavy atom. The van der Waals surface area contributed by atoms with Gasteiger partial charge in [-0.25, -0.2) is 0 Å². The van der Waals surface area contributed by atoms with Crippen molar-refractivity contribution < 1.29 is 33.6 Å². The van der Waals surface area contributed by atoms with E-state index in [4.69, 9.17) is 12.2 Å². The lowest BCUT2D eigenvalue weighted by Gasteiger charge is -2.22. The lowest BCUT2D eigenvalue weighted by molar-refractivity contribution is -0.868. The van der Waals surface area contributed by atoms with E-state index in [9.17, 15) is 9.90 Å². The minimum absolute atomic E-state index is 0. The van der Waals surface area contributed by atoms with Crippen LogP contribution in [-0.2, 0) is 6.54 Å². The number of unbranched alkanes of at least 4 members (excludes halogenated alkanes) is 1. The molecule has 0 amide bonds. The van der Waals surface area contributed by atoms with Gasteiger partial charge in [-0.1, -0.05) is 13.3 Å². The number of hydrogen-bond acceptors (Lipinski definition) is 4. The third-order valence-electron chi connectivity index (χ3n) is 3.06. The van der Waals surface area contributed by atoms with Crippen LogP contribution in [0.3, 0.4) is 0 Å². The maximum atomic E-state index is 11.9. The molecule has 0 aliphatic heterocycles. The van der Waals surface area contributed by atoms with E-state index >= 15 is 0 Å². The standard InChI is InChI=1S/C14H24N4O2S.HI/c1-5-6-8-17-13(20)11(12(19)16-14(17)21)10-15-7-9-18(2,3)4;/h10H,5-9H2,1-4H3,(H-,15,16,19,20,21);1H. The molecule has 0 aliphatic carbocycles. The predicted molar refractivity (Wildman–Crippen MR) is 87.8 cm³/mol. The van der Waals surface area contributed by atoms with Gasteiger partial charge in [-0.15, -0.1) is 0 Å². The van der Waals surface area contributed by atoms with Crippen LogP contribution in [0, 0.1) is 4.77 Å². The smallest absolute Gasteiger partial charge is 0.264 e. The van der Waals surface area contributed by atoms with E-state index in [0.717, 1.165) is 23.9 Å². The predicted octanol–water partition coefficient (Wildman–Crippen LogP) is -1.46. The van der Waals surface area contributed by atoms with Gasteiger partial charge in [0.25, 0.3) is 5.56 Å². The number of quaternary nitrogens is 1. The molecule has 1 aromatic rings. The number of halogens is 1. The molecular weight excluding hydrogens is 415 g/mol. The van der Waals surface area contributed by atoms with E-state index in [1.54, 1.807) is 4.57 Å². The van der Waals surface area contributed by atoms with Crippen LogP contribution in [0.1, 0.15) is 25.3 Å². The molecule has 0 saturated carbocycles. The molecule has 1 rings (SSSR count). The second-order valence-corrected chi connectivity index (χ2v) is 6.44. The molecule has 0 bridgehead atoms. The van der Waals surface area contributed by atoms with E-state index in [2.05, 4.69) is 38.0 Å². The monoisotopic (exact) mass is 440 g/mol. The largest absolute Gasteiger partial charge is 1.00 e. The summed E-state index contributed by atoms with van der Waals surface area (Å²) in [7, 11) is 6.22. The molecule has 0 radical (unpaired) electrons. The van der Waals surface area contributed by atoms with Crippen LogP contribution >= 0.6 is 12.2 Å². The Morgan fingerprint density at radius 1 is 1.41 bits per heavy atom. The average Bonchev–Trinajstić information content (AvgIpc) is 2.36. The summed E-state index contributed by atoms with van der Waals surface area (Å²) in [6.45, 7) is 4.08. The van der Waals surface area contributed by atoms with E-state index in [-0.39, 0.29) is 40.2 Å². The van der Waals surface area contributed by atoms with Crippen molar-refractivity contribution in [1.82, 2.24) is 9.55 Å². The first-order chi connectivity index (χ1) is 9.76. The fourth-order valence-corrected chi connectivity index (χ4v) is 2.00. The number of nitrogens with one attached hydrogen (secondary N) is 1. The molecule has 126 valence electrons. The van der Waals surface area contributed by atoms with Gasteiger partial charge >= 0.3 is 0 Å². The number of H-pyrrole nitrogens is 1. The summed E-state index contributed by atoms with van der Waals surface area (Å²) in [5.74, 6) is -0.105. The second kappa shape index (κ2) is 9.41. The van der Waals surface area contributed by atoms with Crippen molar-refractivity contribution in [2.24, 2.45) is 4.99 Å². The number of hydrogen-bond donors (Lipinski definition) is 2. The molecule has 22 heavy (non-hydrogen) atoms. The van der Waals surface area contributed by atoms with E-state index in [1.165, 1.54) is 6.21 Å². The molecule has 1 heterocycles. The maximum absolute atomic E-state index is 11.9. The van der Waals surface area contributed by atoms with Crippen LogP contribution in [0.5, 0.6) is 5.88 Å². The Morgan fingerprint density at radius 2 is 2.05 bits per heavy atom. The molecule has 0 aromatic carbocycles. The SMILES string of the molecule is CCCCn1c(O)c(C=NCC[N+](C)(C)C)c(=O)[nH]c1=S.[I-]. The summed E-state index contributed by atoms with van der Waals surface area (Å²) in [6, 6.07) is 0. The summed E-state index contributed by atoms with van der Waals surface area (Å²) >= 11 is 5.08. The zero-order chi connectivity index (χ0) is 16.0. The molecule has 6 nitrogen and oxygen atoms in total. The first-order valence-corrected chi connectivity index (χ1v) is 7.53. The molecule has 0 fully saturated rings. The minimum Gasteiger partial charge on any atom is -1.00 e. The topological polar surface area (TPSA) is 70.4 Å². The van der Waals surface area contributed by atoms with Crippen LogP contribution in [-0.4, -0.2) is 59.6 Å². The van der Waals surface area contributed by atoms with Crippen molar-refractivity contribution in [3.8, 4) is 5.88 Å². The van der Waals surface area contributed by atoms with E-state index in [1.807, 2.05) is 0 Å². The molecule has 0 aliphatic rings. The Kier molecular flexibility index (Phi) is 9.09. The third kappa shape index (κ3) is 6.57. The van der Waals surface area contributed by atoms with Gasteiger partial charge in [0.2, 0.25) is 5.88 Å². The maximum Gasteiger partial charge on any atom is 0.264 e. The van der Waals surface area contributed by atoms with Gasteiger partial charge in [-0.3, -0.25) is 19.3 Å². The van der Waals surface area contributed by atoms with Crippen molar-refractivity contribution >= 4 is 18.4 Å². The van der Waals surface area contributed by atoms with Gasteiger partial charge in [-0.05, 0) is 18.6 Å². The summed E-state index contributed by atoms with van der Waals surface area (Å²) in [5.41, 5.74) is -0.236. The van der Waals surface area contributed by atoms with Gasteiger partial charge in [-0.2, -0.15) is 0 Å². The van der Waals surface area contributed by atoms with Crippen molar-refractivity contribution in [3.05, 3.63) is 20.7 Å². The molecule has 1 aromatic heterocycles. The average molecular weight is 440 g/mol. The molecule has 8 heteroatoms. The highest BCUT2D eigenvalue weighted by Crippen LogP contribution is 2.12. The first-order valence-electron chi connectivity index (χ1n) is 7.12. The highest BCUT2D eigenvalue weighted by atomic mass is 127. The van der Waals surface area contributed by atoms with Gasteiger partial charge in [0.1, 0.15) is 5.56 Å². The zero-order valence-corrected chi connectivity index (χ0v) is 16.6. The zero-order valence-electron chi connectivity index (χ0n) is 13.6. The van der Waals surface area contributed by atoms with Crippen molar-refractivity contribution in [1.29, 1.82) is 0 Å². The van der Waals surface area contributed by atoms with Crippen LogP contribution in [0.25, 0.3) is 0 Å². The summed E-state index contributed by atoms with van der Waals surface area (Å²) in [5, 5.41) is 10.2. The molecule has 0 saturated heterocycles. The minimum atomic E-state index is -0.403. The van der Waals surface area contributed by atoms with E-state index in [0.29, 0.717) is 13.1 Å². The number of aliphatic imine (C=N–C) groups is 1. The molecule has 2 N–H and O–H groups in total. The van der Waals surface area contributed by atoms with Crippen molar-refractivity contribution in [2.75, 3.05) is 34.2 Å². The Hall–Kier alpha value is -0.740. The third-order valence-corrected chi connectivity index (χ3v) is 3.38. The second-order valence-electron chi connectivity index (χ2n) is 6.05. The Balaban J connectivity index is 0.00000441. The summed E-state index contributed by atoms with van der Waals surface area (Å²) in [6.07, 6.45) is 3.29. The number of nitrogens with zero attached hydrogens (tertiary/aromatic N) is 3. The normalized spacial score (nSPS) is 11.6. The number of rotatable bonds is 7. The lowest BCUT2D eigenvalue weighted by atomic mass is 10.3. The molecule has 0 atom stereocenters. The van der Waals surface area contributed by atoms with Gasteiger partial charge in [0, 0.05) is 12.8 Å². The van der Waals surface area contributed by atoms with Crippen LogP contribution in [0.15, 0.2) is 9.79 Å². The van der Waals surface area contributed by atoms with Crippen LogP contribution in [0.4, 0.5) is 0 Å². The number of aromatic hydroxyl groups is 1. The lowest BCUT2D eigenvalue weighted by Crippen LogP contribution is -3.00. The quantitative estimate of drug-likeness (QED) is 0.236. The van der Waals surface area contributed by atoms with Gasteiger partial charge in [0.15, 0.2) is 4.77 Å². The molecule has 0 spiro atoms.